The average Bonchev–Trinajstić information content (AvgIpc) is 2.75. The molecule has 0 spiro atoms. The zero-order valence-corrected chi connectivity index (χ0v) is 13.5. The van der Waals surface area contributed by atoms with E-state index >= 15 is 0 Å². The van der Waals surface area contributed by atoms with Gasteiger partial charge in [-0.1, -0.05) is 42.5 Å². The number of nitrogens with one attached hydrogen (secondary N) is 1. The highest BCUT2D eigenvalue weighted by atomic mass is 16.2. The molecule has 1 aliphatic heterocycles. The molecule has 2 heteroatoms. The summed E-state index contributed by atoms with van der Waals surface area (Å²) in [6, 6.07) is 14.8. The van der Waals surface area contributed by atoms with Crippen LogP contribution in [0.5, 0.6) is 0 Å². The lowest BCUT2D eigenvalue weighted by atomic mass is 9.90. The Hall–Kier alpha value is -2.35. The lowest BCUT2D eigenvalue weighted by Crippen LogP contribution is -2.25. The van der Waals surface area contributed by atoms with Crippen LogP contribution in [-0.2, 0) is 4.79 Å². The van der Waals surface area contributed by atoms with Crippen molar-refractivity contribution in [1.82, 2.24) is 5.32 Å². The van der Waals surface area contributed by atoms with Crippen molar-refractivity contribution in [2.75, 3.05) is 0 Å². The van der Waals surface area contributed by atoms with Crippen LogP contribution in [0.3, 0.4) is 0 Å². The Morgan fingerprint density at radius 1 is 0.909 bits per heavy atom. The zero-order valence-electron chi connectivity index (χ0n) is 13.5. The first-order valence-electron chi connectivity index (χ1n) is 7.67. The van der Waals surface area contributed by atoms with Gasteiger partial charge in [0.05, 0.1) is 0 Å². The van der Waals surface area contributed by atoms with Gasteiger partial charge in [0, 0.05) is 11.6 Å². The van der Waals surface area contributed by atoms with Gasteiger partial charge in [-0.3, -0.25) is 4.79 Å². The van der Waals surface area contributed by atoms with E-state index in [0.29, 0.717) is 0 Å². The summed E-state index contributed by atoms with van der Waals surface area (Å²) < 4.78 is 0. The summed E-state index contributed by atoms with van der Waals surface area (Å²) >= 11 is 0. The molecule has 1 heterocycles. The maximum atomic E-state index is 12.2. The van der Waals surface area contributed by atoms with E-state index < -0.39 is 0 Å². The number of aryl methyl sites for hydroxylation is 2. The Bertz CT molecular complexity index is 772. The molecular weight excluding hydrogens is 270 g/mol. The van der Waals surface area contributed by atoms with E-state index in [1.165, 1.54) is 16.7 Å². The fourth-order valence-electron chi connectivity index (χ4n) is 3.12. The van der Waals surface area contributed by atoms with E-state index in [0.717, 1.165) is 22.3 Å². The molecule has 0 radical (unpaired) electrons. The van der Waals surface area contributed by atoms with E-state index in [4.69, 9.17) is 0 Å². The molecule has 3 rings (SSSR count). The van der Waals surface area contributed by atoms with Gasteiger partial charge in [-0.2, -0.15) is 0 Å². The SMILES string of the molecule is CC1=C(c2cc(C)c(-c3ccccc3)cc2C)C(=O)NC1C. The Balaban J connectivity index is 2.14. The van der Waals surface area contributed by atoms with E-state index in [9.17, 15) is 4.79 Å². The fourth-order valence-corrected chi connectivity index (χ4v) is 3.12. The molecule has 22 heavy (non-hydrogen) atoms. The molecule has 0 aromatic heterocycles. The number of rotatable bonds is 2. The quantitative estimate of drug-likeness (QED) is 0.880. The Morgan fingerprint density at radius 2 is 1.50 bits per heavy atom. The minimum Gasteiger partial charge on any atom is -0.346 e. The molecule has 1 atom stereocenters. The van der Waals surface area contributed by atoms with E-state index in [1.807, 2.05) is 19.9 Å². The zero-order chi connectivity index (χ0) is 15.9. The van der Waals surface area contributed by atoms with E-state index in [1.54, 1.807) is 0 Å². The van der Waals surface area contributed by atoms with Gasteiger partial charge in [-0.05, 0) is 61.1 Å². The van der Waals surface area contributed by atoms with Gasteiger partial charge < -0.3 is 5.32 Å². The molecule has 1 unspecified atom stereocenters. The van der Waals surface area contributed by atoms with Gasteiger partial charge in [-0.25, -0.2) is 0 Å². The second kappa shape index (κ2) is 5.45. The molecule has 0 aliphatic carbocycles. The monoisotopic (exact) mass is 291 g/mol. The second-order valence-electron chi connectivity index (χ2n) is 6.10. The molecule has 1 N–H and O–H groups in total. The van der Waals surface area contributed by atoms with Crippen LogP contribution < -0.4 is 5.32 Å². The second-order valence-corrected chi connectivity index (χ2v) is 6.10. The van der Waals surface area contributed by atoms with Crippen molar-refractivity contribution in [3.8, 4) is 11.1 Å². The molecular formula is C20H21NO. The van der Waals surface area contributed by atoms with Crippen LogP contribution in [0.2, 0.25) is 0 Å². The third kappa shape index (κ3) is 2.35. The van der Waals surface area contributed by atoms with Crippen molar-refractivity contribution in [2.24, 2.45) is 0 Å². The molecule has 112 valence electrons. The molecule has 0 bridgehead atoms. The number of hydrogen-bond acceptors (Lipinski definition) is 1. The highest BCUT2D eigenvalue weighted by Gasteiger charge is 2.27. The number of carbonyl (C=O) groups excluding carboxylic acids is 1. The first-order valence-corrected chi connectivity index (χ1v) is 7.67. The van der Waals surface area contributed by atoms with Crippen molar-refractivity contribution >= 4 is 11.5 Å². The summed E-state index contributed by atoms with van der Waals surface area (Å²) in [5, 5.41) is 3.00. The van der Waals surface area contributed by atoms with Gasteiger partial charge in [0.25, 0.3) is 5.91 Å². The third-order valence-corrected chi connectivity index (χ3v) is 4.54. The van der Waals surface area contributed by atoms with Crippen LogP contribution in [0, 0.1) is 13.8 Å². The first-order chi connectivity index (χ1) is 10.5. The highest BCUT2D eigenvalue weighted by Crippen LogP contribution is 2.33. The number of benzene rings is 2. The average molecular weight is 291 g/mol. The van der Waals surface area contributed by atoms with Crippen LogP contribution in [0.15, 0.2) is 48.0 Å². The molecule has 1 amide bonds. The third-order valence-electron chi connectivity index (χ3n) is 4.54. The largest absolute Gasteiger partial charge is 0.346 e. The summed E-state index contributed by atoms with van der Waals surface area (Å²) in [6.07, 6.45) is 0. The summed E-state index contributed by atoms with van der Waals surface area (Å²) in [7, 11) is 0. The molecule has 1 aliphatic rings. The molecule has 2 aromatic carbocycles. The summed E-state index contributed by atoms with van der Waals surface area (Å²) in [4.78, 5) is 12.2. The Labute approximate surface area is 131 Å². The predicted octanol–water partition coefficient (Wildman–Crippen LogP) is 4.26. The van der Waals surface area contributed by atoms with Crippen molar-refractivity contribution in [2.45, 2.75) is 33.7 Å². The summed E-state index contributed by atoms with van der Waals surface area (Å²) in [5.41, 5.74) is 7.79. The lowest BCUT2D eigenvalue weighted by molar-refractivity contribution is -0.115. The standard InChI is InChI=1S/C20H21NO/c1-12-11-18(19-14(3)15(4)21-20(19)22)13(2)10-17(12)16-8-6-5-7-9-16/h5-11,15H,1-4H3,(H,21,22). The normalized spacial score (nSPS) is 17.8. The van der Waals surface area contributed by atoms with Gasteiger partial charge in [-0.15, -0.1) is 0 Å². The number of carbonyl (C=O) groups is 1. The van der Waals surface area contributed by atoms with Crippen molar-refractivity contribution < 1.29 is 4.79 Å². The highest BCUT2D eigenvalue weighted by molar-refractivity contribution is 6.23. The lowest BCUT2D eigenvalue weighted by Gasteiger charge is -2.13. The van der Waals surface area contributed by atoms with Gasteiger partial charge >= 0.3 is 0 Å². The molecule has 0 saturated carbocycles. The Kier molecular flexibility index (Phi) is 3.61. The summed E-state index contributed by atoms with van der Waals surface area (Å²) in [5.74, 6) is 0.0416. The van der Waals surface area contributed by atoms with E-state index in [2.05, 4.69) is 55.6 Å². The Morgan fingerprint density at radius 3 is 2.09 bits per heavy atom. The van der Waals surface area contributed by atoms with Crippen LogP contribution in [0.25, 0.3) is 16.7 Å². The fraction of sp³-hybridized carbons (Fsp3) is 0.250. The molecule has 0 fully saturated rings. The van der Waals surface area contributed by atoms with Crippen molar-refractivity contribution in [3.05, 3.63) is 64.7 Å². The van der Waals surface area contributed by atoms with Crippen LogP contribution in [0.4, 0.5) is 0 Å². The number of hydrogen-bond donors (Lipinski definition) is 1. The van der Waals surface area contributed by atoms with Crippen molar-refractivity contribution in [3.63, 3.8) is 0 Å². The van der Waals surface area contributed by atoms with Crippen LogP contribution in [-0.4, -0.2) is 11.9 Å². The topological polar surface area (TPSA) is 29.1 Å². The maximum absolute atomic E-state index is 12.2. The summed E-state index contributed by atoms with van der Waals surface area (Å²) in [6.45, 7) is 8.26. The number of amides is 1. The smallest absolute Gasteiger partial charge is 0.252 e. The van der Waals surface area contributed by atoms with Gasteiger partial charge in [0.2, 0.25) is 0 Å². The van der Waals surface area contributed by atoms with Crippen molar-refractivity contribution in [1.29, 1.82) is 0 Å². The van der Waals surface area contributed by atoms with E-state index in [-0.39, 0.29) is 11.9 Å². The molecule has 2 nitrogen and oxygen atoms in total. The minimum atomic E-state index is 0.0416. The van der Waals surface area contributed by atoms with Crippen LogP contribution in [0.1, 0.15) is 30.5 Å². The predicted molar refractivity (Wildman–Crippen MR) is 91.6 cm³/mol. The molecule has 0 saturated heterocycles. The molecule has 2 aromatic rings. The first kappa shape index (κ1) is 14.6. The van der Waals surface area contributed by atoms with Gasteiger partial charge in [0.15, 0.2) is 0 Å². The maximum Gasteiger partial charge on any atom is 0.252 e. The minimum absolute atomic E-state index is 0.0416. The van der Waals surface area contributed by atoms with Gasteiger partial charge in [0.1, 0.15) is 0 Å². The van der Waals surface area contributed by atoms with Crippen LogP contribution >= 0.6 is 0 Å².